The molecule has 4 atom stereocenters. The van der Waals surface area contributed by atoms with Gasteiger partial charge in [-0.3, -0.25) is 19.2 Å². The van der Waals surface area contributed by atoms with Gasteiger partial charge in [0.2, 0.25) is 23.6 Å². The van der Waals surface area contributed by atoms with Crippen molar-refractivity contribution >= 4 is 29.6 Å². The minimum atomic E-state index is -1.54. The highest BCUT2D eigenvalue weighted by Gasteiger charge is 2.31. The number of amides is 4. The van der Waals surface area contributed by atoms with E-state index < -0.39 is 66.3 Å². The number of carbonyl (C=O) groups excluding carboxylic acids is 4. The number of aliphatic hydroxyl groups is 1. The Bertz CT molecular complexity index is 654. The summed E-state index contributed by atoms with van der Waals surface area (Å²) >= 11 is 0. The number of aliphatic hydroxyl groups excluding tert-OH is 1. The number of carbonyl (C=O) groups is 5. The lowest BCUT2D eigenvalue weighted by Gasteiger charge is -2.27. The molecule has 0 aromatic carbocycles. The Labute approximate surface area is 181 Å². The number of carboxylic acid groups (broad SMARTS) is 1. The minimum Gasteiger partial charge on any atom is -0.480 e. The summed E-state index contributed by atoms with van der Waals surface area (Å²) in [6, 6.07) is -4.74. The molecule has 178 valence electrons. The number of hydrogen-bond donors (Lipinski definition) is 7. The minimum absolute atomic E-state index is 0.109. The lowest BCUT2D eigenvalue weighted by molar-refractivity contribution is -0.143. The van der Waals surface area contributed by atoms with Crippen LogP contribution in [0.25, 0.3) is 0 Å². The second-order valence-electron chi connectivity index (χ2n) is 8.11. The van der Waals surface area contributed by atoms with Crippen molar-refractivity contribution in [3.05, 3.63) is 0 Å². The van der Waals surface area contributed by atoms with E-state index in [9.17, 15) is 24.0 Å². The molecule has 0 saturated carbocycles. The Morgan fingerprint density at radius 1 is 0.871 bits per heavy atom. The number of carboxylic acids is 1. The standard InChI is InChI=1S/C19H35N5O7/c1-9(2)7-11(20)16(27)22-12(5-6-14(21)26)17(28)24-15(10(3)4)18(29)23-13(8-25)19(30)31/h9-13,15,25H,5-8,20H2,1-4H3,(H2,21,26)(H,22,27)(H,23,29)(H,24,28)(H,30,31). The first-order valence-electron chi connectivity index (χ1n) is 10.1. The van der Waals surface area contributed by atoms with E-state index in [4.69, 9.17) is 21.7 Å². The third-order valence-electron chi connectivity index (χ3n) is 4.42. The van der Waals surface area contributed by atoms with Gasteiger partial charge in [0, 0.05) is 6.42 Å². The maximum Gasteiger partial charge on any atom is 0.328 e. The van der Waals surface area contributed by atoms with Crippen LogP contribution in [0.4, 0.5) is 0 Å². The van der Waals surface area contributed by atoms with Gasteiger partial charge < -0.3 is 37.6 Å². The Kier molecular flexibility index (Phi) is 12.4. The first-order valence-corrected chi connectivity index (χ1v) is 10.1. The van der Waals surface area contributed by atoms with Crippen LogP contribution >= 0.6 is 0 Å². The van der Waals surface area contributed by atoms with Crippen molar-refractivity contribution in [2.45, 2.75) is 71.1 Å². The third-order valence-corrected chi connectivity index (χ3v) is 4.42. The van der Waals surface area contributed by atoms with Crippen LogP contribution in [-0.2, 0) is 24.0 Å². The molecule has 0 aliphatic carbocycles. The Balaban J connectivity index is 5.40. The molecule has 0 rings (SSSR count). The lowest BCUT2D eigenvalue weighted by Crippen LogP contribution is -2.59. The number of rotatable bonds is 14. The number of hydrogen-bond acceptors (Lipinski definition) is 7. The summed E-state index contributed by atoms with van der Waals surface area (Å²) in [7, 11) is 0. The number of primary amides is 1. The van der Waals surface area contributed by atoms with E-state index in [0.29, 0.717) is 6.42 Å². The van der Waals surface area contributed by atoms with E-state index in [1.807, 2.05) is 13.8 Å². The van der Waals surface area contributed by atoms with Crippen molar-refractivity contribution in [3.63, 3.8) is 0 Å². The summed E-state index contributed by atoms with van der Waals surface area (Å²) in [6.45, 7) is 6.18. The lowest BCUT2D eigenvalue weighted by atomic mass is 10.0. The molecule has 4 unspecified atom stereocenters. The van der Waals surface area contributed by atoms with Crippen LogP contribution in [-0.4, -0.2) is 70.6 Å². The SMILES string of the molecule is CC(C)CC(N)C(=O)NC(CCC(N)=O)C(=O)NC(C(=O)NC(CO)C(=O)O)C(C)C. The Morgan fingerprint density at radius 2 is 1.42 bits per heavy atom. The Morgan fingerprint density at radius 3 is 1.84 bits per heavy atom. The van der Waals surface area contributed by atoms with Crippen molar-refractivity contribution < 1.29 is 34.2 Å². The van der Waals surface area contributed by atoms with Gasteiger partial charge in [-0.25, -0.2) is 4.79 Å². The van der Waals surface area contributed by atoms with Crippen LogP contribution in [0, 0.1) is 11.8 Å². The van der Waals surface area contributed by atoms with Crippen LogP contribution in [0.2, 0.25) is 0 Å². The zero-order valence-electron chi connectivity index (χ0n) is 18.4. The van der Waals surface area contributed by atoms with Gasteiger partial charge in [0.1, 0.15) is 18.1 Å². The smallest absolute Gasteiger partial charge is 0.328 e. The number of nitrogens with one attached hydrogen (secondary N) is 3. The van der Waals surface area contributed by atoms with Gasteiger partial charge >= 0.3 is 5.97 Å². The molecular weight excluding hydrogens is 410 g/mol. The second kappa shape index (κ2) is 13.5. The molecule has 0 aliphatic rings. The van der Waals surface area contributed by atoms with Gasteiger partial charge in [-0.15, -0.1) is 0 Å². The normalized spacial score (nSPS) is 15.0. The maximum atomic E-state index is 12.8. The van der Waals surface area contributed by atoms with Crippen LogP contribution in [0.1, 0.15) is 47.0 Å². The van der Waals surface area contributed by atoms with E-state index in [2.05, 4.69) is 16.0 Å². The predicted octanol–water partition coefficient (Wildman–Crippen LogP) is -2.19. The van der Waals surface area contributed by atoms with Gasteiger partial charge in [-0.05, 0) is 24.7 Å². The average Bonchev–Trinajstić information content (AvgIpc) is 2.65. The van der Waals surface area contributed by atoms with E-state index >= 15 is 0 Å². The molecule has 0 aromatic heterocycles. The third kappa shape index (κ3) is 10.7. The summed E-state index contributed by atoms with van der Waals surface area (Å²) in [4.78, 5) is 59.8. The fourth-order valence-electron chi connectivity index (χ4n) is 2.68. The largest absolute Gasteiger partial charge is 0.480 e. The van der Waals surface area contributed by atoms with Crippen LogP contribution < -0.4 is 27.4 Å². The van der Waals surface area contributed by atoms with Crippen LogP contribution in [0.3, 0.4) is 0 Å². The first-order chi connectivity index (χ1) is 14.3. The van der Waals surface area contributed by atoms with Gasteiger partial charge in [0.05, 0.1) is 12.6 Å². The highest BCUT2D eigenvalue weighted by molar-refractivity contribution is 5.94. The molecule has 4 amide bonds. The van der Waals surface area contributed by atoms with Crippen molar-refractivity contribution in [2.24, 2.45) is 23.3 Å². The molecule has 0 radical (unpaired) electrons. The van der Waals surface area contributed by atoms with E-state index in [1.54, 1.807) is 13.8 Å². The predicted molar refractivity (Wildman–Crippen MR) is 111 cm³/mol. The maximum absolute atomic E-state index is 12.8. The van der Waals surface area contributed by atoms with Crippen LogP contribution in [0.5, 0.6) is 0 Å². The van der Waals surface area contributed by atoms with Gasteiger partial charge in [-0.1, -0.05) is 27.7 Å². The van der Waals surface area contributed by atoms with Gasteiger partial charge in [-0.2, -0.15) is 0 Å². The molecule has 12 heteroatoms. The number of nitrogens with two attached hydrogens (primary N) is 2. The fourth-order valence-corrected chi connectivity index (χ4v) is 2.68. The molecule has 0 aliphatic heterocycles. The summed E-state index contributed by atoms with van der Waals surface area (Å²) in [5, 5.41) is 25.1. The summed E-state index contributed by atoms with van der Waals surface area (Å²) in [5.74, 6) is -4.58. The van der Waals surface area contributed by atoms with E-state index in [1.165, 1.54) is 0 Å². The molecule has 0 bridgehead atoms. The number of aliphatic carboxylic acids is 1. The zero-order chi connectivity index (χ0) is 24.3. The highest BCUT2D eigenvalue weighted by Crippen LogP contribution is 2.07. The highest BCUT2D eigenvalue weighted by atomic mass is 16.4. The van der Waals surface area contributed by atoms with E-state index in [-0.39, 0.29) is 18.8 Å². The van der Waals surface area contributed by atoms with Crippen molar-refractivity contribution in [2.75, 3.05) is 6.61 Å². The molecule has 0 spiro atoms. The summed E-state index contributed by atoms with van der Waals surface area (Å²) < 4.78 is 0. The molecule has 12 nitrogen and oxygen atoms in total. The summed E-state index contributed by atoms with van der Waals surface area (Å²) in [6.07, 6.45) is 0.0782. The average molecular weight is 446 g/mol. The molecule has 31 heavy (non-hydrogen) atoms. The molecule has 0 saturated heterocycles. The Hall–Kier alpha value is -2.73. The quantitative estimate of drug-likeness (QED) is 0.155. The zero-order valence-corrected chi connectivity index (χ0v) is 18.4. The molecule has 0 fully saturated rings. The van der Waals surface area contributed by atoms with Gasteiger partial charge in [0.15, 0.2) is 0 Å². The van der Waals surface area contributed by atoms with Crippen molar-refractivity contribution in [1.82, 2.24) is 16.0 Å². The topological polar surface area (TPSA) is 214 Å². The molecule has 0 aromatic rings. The molecule has 0 heterocycles. The first kappa shape index (κ1) is 28.3. The van der Waals surface area contributed by atoms with Crippen molar-refractivity contribution in [3.8, 4) is 0 Å². The van der Waals surface area contributed by atoms with E-state index in [0.717, 1.165) is 0 Å². The van der Waals surface area contributed by atoms with Gasteiger partial charge in [0.25, 0.3) is 0 Å². The molecular formula is C19H35N5O7. The van der Waals surface area contributed by atoms with Crippen LogP contribution in [0.15, 0.2) is 0 Å². The van der Waals surface area contributed by atoms with Crippen molar-refractivity contribution in [1.29, 1.82) is 0 Å². The second-order valence-corrected chi connectivity index (χ2v) is 8.11. The fraction of sp³-hybridized carbons (Fsp3) is 0.737. The summed E-state index contributed by atoms with van der Waals surface area (Å²) in [5.41, 5.74) is 11.0. The molecule has 9 N–H and O–H groups in total. The monoisotopic (exact) mass is 445 g/mol.